The summed E-state index contributed by atoms with van der Waals surface area (Å²) >= 11 is 0. The van der Waals surface area contributed by atoms with Crippen molar-refractivity contribution in [3.8, 4) is 11.5 Å². The number of nitrogens with one attached hydrogen (secondary N) is 2. The van der Waals surface area contributed by atoms with E-state index < -0.39 is 0 Å². The average molecular weight is 378 g/mol. The van der Waals surface area contributed by atoms with Crippen LogP contribution in [0.3, 0.4) is 0 Å². The zero-order chi connectivity index (χ0) is 20.1. The highest BCUT2D eigenvalue weighted by Crippen LogP contribution is 2.31. The number of benzene rings is 2. The molecule has 0 bridgehead atoms. The summed E-state index contributed by atoms with van der Waals surface area (Å²) in [7, 11) is 3.23. The molecule has 0 spiro atoms. The number of para-hydroxylation sites is 1. The van der Waals surface area contributed by atoms with Crippen LogP contribution in [-0.4, -0.2) is 24.2 Å². The van der Waals surface area contributed by atoms with Crippen molar-refractivity contribution in [2.24, 2.45) is 0 Å². The highest BCUT2D eigenvalue weighted by molar-refractivity contribution is 5.64. The van der Waals surface area contributed by atoms with Crippen LogP contribution in [0.25, 0.3) is 0 Å². The number of nitrogens with zero attached hydrogens (tertiary/aromatic N) is 2. The summed E-state index contributed by atoms with van der Waals surface area (Å²) < 4.78 is 10.7. The van der Waals surface area contributed by atoms with Gasteiger partial charge in [0.2, 0.25) is 5.95 Å². The van der Waals surface area contributed by atoms with Crippen molar-refractivity contribution in [3.05, 3.63) is 59.8 Å². The molecule has 3 aromatic rings. The van der Waals surface area contributed by atoms with Crippen molar-refractivity contribution in [2.75, 3.05) is 24.9 Å². The number of hydrogen-bond acceptors (Lipinski definition) is 6. The minimum Gasteiger partial charge on any atom is -0.493 e. The maximum atomic E-state index is 5.37. The van der Waals surface area contributed by atoms with Gasteiger partial charge in [0.05, 0.1) is 14.2 Å². The van der Waals surface area contributed by atoms with Gasteiger partial charge in [0.15, 0.2) is 11.5 Å². The Morgan fingerprint density at radius 3 is 2.32 bits per heavy atom. The van der Waals surface area contributed by atoms with Gasteiger partial charge in [-0.05, 0) is 36.6 Å². The SMILES string of the molecule is COc1ccc(Nc2cc(C)nc(Nc3ccccc3C(C)C)n2)cc1OC. The predicted molar refractivity (Wildman–Crippen MR) is 113 cm³/mol. The lowest BCUT2D eigenvalue weighted by atomic mass is 10.0. The van der Waals surface area contributed by atoms with Crippen molar-refractivity contribution in [3.63, 3.8) is 0 Å². The molecule has 146 valence electrons. The van der Waals surface area contributed by atoms with E-state index in [9.17, 15) is 0 Å². The fourth-order valence-corrected chi connectivity index (χ4v) is 2.99. The molecular weight excluding hydrogens is 352 g/mol. The summed E-state index contributed by atoms with van der Waals surface area (Å²) in [6.07, 6.45) is 0. The molecule has 0 atom stereocenters. The van der Waals surface area contributed by atoms with Crippen LogP contribution in [0.2, 0.25) is 0 Å². The molecule has 3 rings (SSSR count). The molecule has 0 aliphatic carbocycles. The second kappa shape index (κ2) is 8.61. The van der Waals surface area contributed by atoms with Gasteiger partial charge in [0, 0.05) is 29.2 Å². The monoisotopic (exact) mass is 378 g/mol. The van der Waals surface area contributed by atoms with E-state index in [0.717, 1.165) is 17.1 Å². The molecule has 0 amide bonds. The molecule has 0 aliphatic heterocycles. The summed E-state index contributed by atoms with van der Waals surface area (Å²) in [5.74, 6) is 2.99. The number of methoxy groups -OCH3 is 2. The van der Waals surface area contributed by atoms with Gasteiger partial charge < -0.3 is 20.1 Å². The quantitative estimate of drug-likeness (QED) is 0.573. The van der Waals surface area contributed by atoms with E-state index in [-0.39, 0.29) is 0 Å². The highest BCUT2D eigenvalue weighted by Gasteiger charge is 2.10. The van der Waals surface area contributed by atoms with Gasteiger partial charge in [-0.1, -0.05) is 32.0 Å². The Morgan fingerprint density at radius 1 is 0.857 bits per heavy atom. The minimum absolute atomic E-state index is 0.401. The van der Waals surface area contributed by atoms with Crippen LogP contribution in [-0.2, 0) is 0 Å². The van der Waals surface area contributed by atoms with Crippen molar-refractivity contribution >= 4 is 23.1 Å². The van der Waals surface area contributed by atoms with Crippen LogP contribution in [0, 0.1) is 6.92 Å². The summed E-state index contributed by atoms with van der Waals surface area (Å²) in [5.41, 5.74) is 3.95. The molecule has 1 aromatic heterocycles. The molecule has 0 unspecified atom stereocenters. The van der Waals surface area contributed by atoms with Gasteiger partial charge in [-0.15, -0.1) is 0 Å². The van der Waals surface area contributed by atoms with Crippen molar-refractivity contribution in [1.29, 1.82) is 0 Å². The number of rotatable bonds is 7. The number of hydrogen-bond donors (Lipinski definition) is 2. The lowest BCUT2D eigenvalue weighted by Gasteiger charge is -2.15. The summed E-state index contributed by atoms with van der Waals surface area (Å²) in [6, 6.07) is 15.8. The smallest absolute Gasteiger partial charge is 0.229 e. The normalized spacial score (nSPS) is 10.6. The van der Waals surface area contributed by atoms with Crippen LogP contribution in [0.4, 0.5) is 23.1 Å². The fourth-order valence-electron chi connectivity index (χ4n) is 2.99. The molecule has 6 nitrogen and oxygen atoms in total. The van der Waals surface area contributed by atoms with Crippen molar-refractivity contribution in [1.82, 2.24) is 9.97 Å². The van der Waals surface area contributed by atoms with Gasteiger partial charge in [-0.2, -0.15) is 4.98 Å². The Labute approximate surface area is 166 Å². The molecule has 0 aliphatic rings. The van der Waals surface area contributed by atoms with Crippen LogP contribution >= 0.6 is 0 Å². The molecule has 0 fully saturated rings. The Morgan fingerprint density at radius 2 is 1.61 bits per heavy atom. The van der Waals surface area contributed by atoms with E-state index in [0.29, 0.717) is 29.2 Å². The van der Waals surface area contributed by atoms with Gasteiger partial charge in [0.1, 0.15) is 5.82 Å². The van der Waals surface area contributed by atoms with Gasteiger partial charge in [0.25, 0.3) is 0 Å². The molecule has 0 saturated heterocycles. The predicted octanol–water partition coefficient (Wildman–Crippen LogP) is 5.41. The number of ether oxygens (including phenoxy) is 2. The fraction of sp³-hybridized carbons (Fsp3) is 0.273. The van der Waals surface area contributed by atoms with Gasteiger partial charge >= 0.3 is 0 Å². The zero-order valence-electron chi connectivity index (χ0n) is 16.9. The molecule has 28 heavy (non-hydrogen) atoms. The second-order valence-electron chi connectivity index (χ2n) is 6.78. The highest BCUT2D eigenvalue weighted by atomic mass is 16.5. The van der Waals surface area contributed by atoms with Crippen LogP contribution in [0.5, 0.6) is 11.5 Å². The third-order valence-corrected chi connectivity index (χ3v) is 4.34. The third-order valence-electron chi connectivity index (χ3n) is 4.34. The first-order chi connectivity index (χ1) is 13.5. The summed E-state index contributed by atoms with van der Waals surface area (Å²) in [4.78, 5) is 9.14. The molecular formula is C22H26N4O2. The van der Waals surface area contributed by atoms with Gasteiger partial charge in [-0.3, -0.25) is 0 Å². The molecule has 6 heteroatoms. The lowest BCUT2D eigenvalue weighted by molar-refractivity contribution is 0.355. The van der Waals surface area contributed by atoms with Crippen molar-refractivity contribution < 1.29 is 9.47 Å². The topological polar surface area (TPSA) is 68.3 Å². The first-order valence-corrected chi connectivity index (χ1v) is 9.21. The Kier molecular flexibility index (Phi) is 5.99. The Bertz CT molecular complexity index is 957. The summed E-state index contributed by atoms with van der Waals surface area (Å²) in [5, 5.41) is 6.66. The van der Waals surface area contributed by atoms with E-state index in [4.69, 9.17) is 9.47 Å². The standard InChI is InChI=1S/C22H26N4O2/c1-14(2)17-8-6-7-9-18(17)25-22-23-15(3)12-21(26-22)24-16-10-11-19(27-4)20(13-16)28-5/h6-14H,1-5H3,(H2,23,24,25,26). The molecule has 0 saturated carbocycles. The number of aromatic nitrogens is 2. The molecule has 2 aromatic carbocycles. The largest absolute Gasteiger partial charge is 0.493 e. The first kappa shape index (κ1) is 19.5. The van der Waals surface area contributed by atoms with Gasteiger partial charge in [-0.25, -0.2) is 4.98 Å². The van der Waals surface area contributed by atoms with Crippen LogP contribution in [0.15, 0.2) is 48.5 Å². The third kappa shape index (κ3) is 4.52. The Hall–Kier alpha value is -3.28. The van der Waals surface area contributed by atoms with E-state index >= 15 is 0 Å². The maximum absolute atomic E-state index is 5.37. The lowest BCUT2D eigenvalue weighted by Crippen LogP contribution is -2.04. The van der Waals surface area contributed by atoms with E-state index in [1.807, 2.05) is 49.4 Å². The van der Waals surface area contributed by atoms with Crippen LogP contribution in [0.1, 0.15) is 31.0 Å². The molecule has 2 N–H and O–H groups in total. The molecule has 0 radical (unpaired) electrons. The number of aryl methyl sites for hydroxylation is 1. The average Bonchev–Trinajstić information content (AvgIpc) is 2.67. The first-order valence-electron chi connectivity index (χ1n) is 9.21. The number of anilines is 4. The van der Waals surface area contributed by atoms with E-state index in [1.54, 1.807) is 14.2 Å². The second-order valence-corrected chi connectivity index (χ2v) is 6.78. The minimum atomic E-state index is 0.401. The van der Waals surface area contributed by atoms with Crippen LogP contribution < -0.4 is 20.1 Å². The van der Waals surface area contributed by atoms with E-state index in [1.165, 1.54) is 5.56 Å². The zero-order valence-corrected chi connectivity index (χ0v) is 16.9. The Balaban J connectivity index is 1.86. The van der Waals surface area contributed by atoms with E-state index in [2.05, 4.69) is 40.5 Å². The van der Waals surface area contributed by atoms with Crippen molar-refractivity contribution in [2.45, 2.75) is 26.7 Å². The molecule has 1 heterocycles. The summed E-state index contributed by atoms with van der Waals surface area (Å²) in [6.45, 7) is 6.28. The maximum Gasteiger partial charge on any atom is 0.229 e.